The third kappa shape index (κ3) is 3.23. The number of hydrogen-bond donors (Lipinski definition) is 1. The molecule has 1 aliphatic carbocycles. The fourth-order valence-corrected chi connectivity index (χ4v) is 1.56. The van der Waals surface area contributed by atoms with Crippen molar-refractivity contribution in [2.24, 2.45) is 0 Å². The van der Waals surface area contributed by atoms with Crippen LogP contribution in [0.15, 0.2) is 12.4 Å². The number of rotatable bonds is 6. The molecule has 0 aliphatic heterocycles. The molecule has 16 heavy (non-hydrogen) atoms. The Morgan fingerprint density at radius 3 is 2.81 bits per heavy atom. The van der Waals surface area contributed by atoms with Crippen LogP contribution in [0.3, 0.4) is 0 Å². The molecule has 2 rings (SSSR count). The molecule has 0 spiro atoms. The van der Waals surface area contributed by atoms with E-state index < -0.39 is 0 Å². The average Bonchev–Trinajstić information content (AvgIpc) is 2.95. The first-order chi connectivity index (χ1) is 7.65. The molecule has 0 bridgehead atoms. The van der Waals surface area contributed by atoms with Crippen molar-refractivity contribution in [2.75, 3.05) is 6.54 Å². The molecule has 0 aromatic carbocycles. The summed E-state index contributed by atoms with van der Waals surface area (Å²) in [5, 5.41) is 7.70. The summed E-state index contributed by atoms with van der Waals surface area (Å²) in [5.41, 5.74) is 0. The Hall–Kier alpha value is -1.03. The van der Waals surface area contributed by atoms with Gasteiger partial charge in [-0.25, -0.2) is 0 Å². The minimum absolute atomic E-state index is 0.199. The summed E-state index contributed by atoms with van der Waals surface area (Å²) in [6, 6.07) is 1.13. The summed E-state index contributed by atoms with van der Waals surface area (Å²) in [7, 11) is 0. The van der Waals surface area contributed by atoms with Gasteiger partial charge in [0, 0.05) is 18.6 Å². The molecule has 0 radical (unpaired) electrons. The molecule has 0 saturated heterocycles. The second-order valence-electron chi connectivity index (χ2n) is 4.86. The SMILES string of the molecule is CC(CNC1CC1)Oc1cnn(C(C)C)c1. The van der Waals surface area contributed by atoms with Crippen LogP contribution in [0, 0.1) is 0 Å². The van der Waals surface area contributed by atoms with Crippen molar-refractivity contribution in [2.45, 2.75) is 51.8 Å². The predicted molar refractivity (Wildman–Crippen MR) is 63.7 cm³/mol. The van der Waals surface area contributed by atoms with Crippen LogP contribution in [0.4, 0.5) is 0 Å². The zero-order valence-corrected chi connectivity index (χ0v) is 10.3. The Kier molecular flexibility index (Phi) is 3.49. The van der Waals surface area contributed by atoms with Crippen LogP contribution in [0.25, 0.3) is 0 Å². The summed E-state index contributed by atoms with van der Waals surface area (Å²) in [4.78, 5) is 0. The average molecular weight is 223 g/mol. The summed E-state index contributed by atoms with van der Waals surface area (Å²) in [6.07, 6.45) is 6.58. The summed E-state index contributed by atoms with van der Waals surface area (Å²) in [5.74, 6) is 0.860. The fourth-order valence-electron chi connectivity index (χ4n) is 1.56. The molecule has 4 heteroatoms. The van der Waals surface area contributed by atoms with Gasteiger partial charge in [-0.3, -0.25) is 4.68 Å². The normalized spacial score (nSPS) is 17.8. The van der Waals surface area contributed by atoms with Crippen molar-refractivity contribution in [3.63, 3.8) is 0 Å². The van der Waals surface area contributed by atoms with E-state index >= 15 is 0 Å². The van der Waals surface area contributed by atoms with Gasteiger partial charge in [-0.2, -0.15) is 5.10 Å². The van der Waals surface area contributed by atoms with Crippen LogP contribution >= 0.6 is 0 Å². The van der Waals surface area contributed by atoms with E-state index in [0.29, 0.717) is 6.04 Å². The first kappa shape index (κ1) is 11.5. The number of aromatic nitrogens is 2. The monoisotopic (exact) mass is 223 g/mol. The smallest absolute Gasteiger partial charge is 0.157 e. The number of ether oxygens (including phenoxy) is 1. The molecule has 1 fully saturated rings. The van der Waals surface area contributed by atoms with Crippen molar-refractivity contribution in [1.82, 2.24) is 15.1 Å². The Balaban J connectivity index is 1.77. The molecule has 1 unspecified atom stereocenters. The Bertz CT molecular complexity index is 331. The van der Waals surface area contributed by atoms with Gasteiger partial charge in [-0.15, -0.1) is 0 Å². The number of nitrogens with one attached hydrogen (secondary N) is 1. The van der Waals surface area contributed by atoms with Crippen molar-refractivity contribution in [3.05, 3.63) is 12.4 Å². The summed E-state index contributed by atoms with van der Waals surface area (Å²) in [6.45, 7) is 7.21. The molecule has 1 saturated carbocycles. The zero-order valence-electron chi connectivity index (χ0n) is 10.3. The van der Waals surface area contributed by atoms with Crippen LogP contribution in [0.5, 0.6) is 5.75 Å². The first-order valence-corrected chi connectivity index (χ1v) is 6.09. The molecular weight excluding hydrogens is 202 g/mol. The van der Waals surface area contributed by atoms with Crippen LogP contribution in [0.2, 0.25) is 0 Å². The topological polar surface area (TPSA) is 39.1 Å². The van der Waals surface area contributed by atoms with Gasteiger partial charge in [-0.1, -0.05) is 0 Å². The maximum Gasteiger partial charge on any atom is 0.157 e. The summed E-state index contributed by atoms with van der Waals surface area (Å²) < 4.78 is 7.69. The maximum absolute atomic E-state index is 5.78. The van der Waals surface area contributed by atoms with Gasteiger partial charge < -0.3 is 10.1 Å². The highest BCUT2D eigenvalue weighted by atomic mass is 16.5. The lowest BCUT2D eigenvalue weighted by Crippen LogP contribution is -2.30. The van der Waals surface area contributed by atoms with E-state index in [-0.39, 0.29) is 6.10 Å². The first-order valence-electron chi connectivity index (χ1n) is 6.09. The van der Waals surface area contributed by atoms with Crippen LogP contribution < -0.4 is 10.1 Å². The third-order valence-electron chi connectivity index (χ3n) is 2.72. The minimum Gasteiger partial charge on any atom is -0.486 e. The highest BCUT2D eigenvalue weighted by molar-refractivity contribution is 5.12. The quantitative estimate of drug-likeness (QED) is 0.801. The molecule has 1 aromatic heterocycles. The third-order valence-corrected chi connectivity index (χ3v) is 2.72. The number of nitrogens with zero attached hydrogens (tertiary/aromatic N) is 2. The van der Waals surface area contributed by atoms with Crippen molar-refractivity contribution in [3.8, 4) is 5.75 Å². The van der Waals surface area contributed by atoms with Gasteiger partial charge in [-0.05, 0) is 33.6 Å². The fraction of sp³-hybridized carbons (Fsp3) is 0.750. The zero-order chi connectivity index (χ0) is 11.5. The van der Waals surface area contributed by atoms with Crippen molar-refractivity contribution >= 4 is 0 Å². The van der Waals surface area contributed by atoms with Gasteiger partial charge in [0.25, 0.3) is 0 Å². The summed E-state index contributed by atoms with van der Waals surface area (Å²) >= 11 is 0. The Morgan fingerprint density at radius 1 is 1.50 bits per heavy atom. The van der Waals surface area contributed by atoms with E-state index in [1.54, 1.807) is 6.20 Å². The highest BCUT2D eigenvalue weighted by Gasteiger charge is 2.21. The molecule has 1 aromatic rings. The lowest BCUT2D eigenvalue weighted by Gasteiger charge is -2.13. The van der Waals surface area contributed by atoms with E-state index in [2.05, 4.69) is 31.2 Å². The van der Waals surface area contributed by atoms with E-state index in [0.717, 1.165) is 18.3 Å². The minimum atomic E-state index is 0.199. The highest BCUT2D eigenvalue weighted by Crippen LogP contribution is 2.19. The van der Waals surface area contributed by atoms with Crippen LogP contribution in [0.1, 0.15) is 39.7 Å². The van der Waals surface area contributed by atoms with Gasteiger partial charge >= 0.3 is 0 Å². The van der Waals surface area contributed by atoms with Gasteiger partial charge in [0.05, 0.1) is 12.4 Å². The largest absolute Gasteiger partial charge is 0.486 e. The standard InChI is InChI=1S/C12H21N3O/c1-9(2)15-8-12(7-14-15)16-10(3)6-13-11-4-5-11/h7-11,13H,4-6H2,1-3H3. The number of hydrogen-bond acceptors (Lipinski definition) is 3. The molecule has 1 aliphatic rings. The molecule has 1 N–H and O–H groups in total. The predicted octanol–water partition coefficient (Wildman–Crippen LogP) is 1.98. The molecule has 1 atom stereocenters. The second-order valence-corrected chi connectivity index (χ2v) is 4.86. The maximum atomic E-state index is 5.78. The van der Waals surface area contributed by atoms with Crippen molar-refractivity contribution < 1.29 is 4.74 Å². The van der Waals surface area contributed by atoms with Gasteiger partial charge in [0.2, 0.25) is 0 Å². The second kappa shape index (κ2) is 4.87. The van der Waals surface area contributed by atoms with Gasteiger partial charge in [0.15, 0.2) is 5.75 Å². The van der Waals surface area contributed by atoms with E-state index in [4.69, 9.17) is 4.74 Å². The van der Waals surface area contributed by atoms with Crippen LogP contribution in [-0.4, -0.2) is 28.5 Å². The Labute approximate surface area is 97.0 Å². The molecular formula is C12H21N3O. The molecule has 0 amide bonds. The van der Waals surface area contributed by atoms with Crippen molar-refractivity contribution in [1.29, 1.82) is 0 Å². The van der Waals surface area contributed by atoms with E-state index in [9.17, 15) is 0 Å². The lowest BCUT2D eigenvalue weighted by atomic mass is 10.4. The lowest BCUT2D eigenvalue weighted by molar-refractivity contribution is 0.216. The molecule has 90 valence electrons. The van der Waals surface area contributed by atoms with Gasteiger partial charge in [0.1, 0.15) is 6.10 Å². The van der Waals surface area contributed by atoms with E-state index in [1.807, 2.05) is 10.9 Å². The van der Waals surface area contributed by atoms with Crippen LogP contribution in [-0.2, 0) is 0 Å². The molecule has 4 nitrogen and oxygen atoms in total. The van der Waals surface area contributed by atoms with E-state index in [1.165, 1.54) is 12.8 Å². The molecule has 1 heterocycles. The Morgan fingerprint density at radius 2 is 2.25 bits per heavy atom.